The largest absolute Gasteiger partial charge is 0.387 e. The molecule has 0 radical (unpaired) electrons. The molecule has 0 aliphatic heterocycles. The molecule has 2 atom stereocenters. The Morgan fingerprint density at radius 3 is 2.41 bits per heavy atom. The number of rotatable bonds is 6. The third-order valence-corrected chi connectivity index (χ3v) is 2.96. The van der Waals surface area contributed by atoms with Crippen molar-refractivity contribution in [3.05, 3.63) is 34.9 Å². The molecule has 4 heteroatoms. The summed E-state index contributed by atoms with van der Waals surface area (Å²) >= 11 is 5.81. The summed E-state index contributed by atoms with van der Waals surface area (Å²) in [5.41, 5.74) is 0.888. The minimum Gasteiger partial charge on any atom is -0.387 e. The molecule has 2 unspecified atom stereocenters. The average Bonchev–Trinajstić information content (AvgIpc) is 2.28. The summed E-state index contributed by atoms with van der Waals surface area (Å²) in [5, 5.41) is 14.1. The van der Waals surface area contributed by atoms with Gasteiger partial charge in [-0.05, 0) is 38.7 Å². The second-order valence-electron chi connectivity index (χ2n) is 4.54. The quantitative estimate of drug-likeness (QED) is 0.816. The number of benzene rings is 1. The van der Waals surface area contributed by atoms with Gasteiger partial charge in [0.05, 0.1) is 6.10 Å². The van der Waals surface area contributed by atoms with Crippen molar-refractivity contribution in [3.8, 4) is 0 Å². The van der Waals surface area contributed by atoms with Gasteiger partial charge < -0.3 is 15.3 Å². The zero-order valence-electron chi connectivity index (χ0n) is 10.7. The Bertz CT molecular complexity index is 327. The molecule has 0 fully saturated rings. The van der Waals surface area contributed by atoms with E-state index in [0.717, 1.165) is 18.7 Å². The molecule has 0 saturated carbocycles. The molecule has 96 valence electrons. The first-order valence-electron chi connectivity index (χ1n) is 5.82. The number of nitrogens with zero attached hydrogens (tertiary/aromatic N) is 1. The fourth-order valence-corrected chi connectivity index (χ4v) is 1.70. The van der Waals surface area contributed by atoms with Crippen LogP contribution in [0.15, 0.2) is 24.3 Å². The van der Waals surface area contributed by atoms with Gasteiger partial charge >= 0.3 is 0 Å². The van der Waals surface area contributed by atoms with Gasteiger partial charge in [-0.15, -0.1) is 0 Å². The van der Waals surface area contributed by atoms with Crippen LogP contribution in [0.25, 0.3) is 0 Å². The summed E-state index contributed by atoms with van der Waals surface area (Å²) in [7, 11) is 4.06. The first kappa shape index (κ1) is 14.5. The Hall–Kier alpha value is -0.610. The maximum absolute atomic E-state index is 10.1. The van der Waals surface area contributed by atoms with Gasteiger partial charge in [0.1, 0.15) is 0 Å². The molecule has 0 amide bonds. The Kier molecular flexibility index (Phi) is 5.92. The normalized spacial score (nSPS) is 14.9. The van der Waals surface area contributed by atoms with E-state index in [1.54, 1.807) is 12.1 Å². The van der Waals surface area contributed by atoms with Crippen molar-refractivity contribution in [2.24, 2.45) is 0 Å². The third-order valence-electron chi connectivity index (χ3n) is 2.71. The van der Waals surface area contributed by atoms with Crippen molar-refractivity contribution < 1.29 is 5.11 Å². The van der Waals surface area contributed by atoms with Crippen LogP contribution in [0.2, 0.25) is 5.02 Å². The number of nitrogens with one attached hydrogen (secondary N) is 1. The predicted octanol–water partition coefficient (Wildman–Crippen LogP) is 1.91. The van der Waals surface area contributed by atoms with E-state index in [4.69, 9.17) is 11.6 Å². The molecule has 1 rings (SSSR count). The molecule has 0 aliphatic carbocycles. The molecule has 17 heavy (non-hydrogen) atoms. The zero-order chi connectivity index (χ0) is 12.8. The highest BCUT2D eigenvalue weighted by molar-refractivity contribution is 6.30. The molecule has 0 aromatic heterocycles. The van der Waals surface area contributed by atoms with E-state index < -0.39 is 6.10 Å². The van der Waals surface area contributed by atoms with Crippen LogP contribution in [0.3, 0.4) is 0 Å². The van der Waals surface area contributed by atoms with E-state index in [-0.39, 0.29) is 6.04 Å². The average molecular weight is 257 g/mol. The van der Waals surface area contributed by atoms with Crippen LogP contribution in [-0.4, -0.2) is 43.2 Å². The van der Waals surface area contributed by atoms with Gasteiger partial charge in [-0.3, -0.25) is 0 Å². The molecule has 1 aromatic carbocycles. The van der Waals surface area contributed by atoms with Crippen molar-refractivity contribution in [2.45, 2.75) is 19.1 Å². The summed E-state index contributed by atoms with van der Waals surface area (Å²) in [5.74, 6) is 0. The number of likely N-dealkylation sites (N-methyl/N-ethyl adjacent to an activating group) is 1. The first-order chi connectivity index (χ1) is 8.00. The minimum atomic E-state index is -0.505. The summed E-state index contributed by atoms with van der Waals surface area (Å²) in [6.45, 7) is 3.80. The Morgan fingerprint density at radius 1 is 1.29 bits per heavy atom. The number of hydrogen-bond donors (Lipinski definition) is 2. The van der Waals surface area contributed by atoms with Crippen molar-refractivity contribution >= 4 is 11.6 Å². The molecular weight excluding hydrogens is 236 g/mol. The van der Waals surface area contributed by atoms with Crippen molar-refractivity contribution in [3.63, 3.8) is 0 Å². The number of hydrogen-bond acceptors (Lipinski definition) is 3. The minimum absolute atomic E-state index is 0.0242. The number of halogens is 1. The SMILES string of the molecule is CC(NCCN(C)C)C(O)c1ccc(Cl)cc1. The van der Waals surface area contributed by atoms with Crippen molar-refractivity contribution in [1.29, 1.82) is 0 Å². The highest BCUT2D eigenvalue weighted by Crippen LogP contribution is 2.19. The van der Waals surface area contributed by atoms with Crippen LogP contribution in [0.1, 0.15) is 18.6 Å². The Morgan fingerprint density at radius 2 is 1.88 bits per heavy atom. The zero-order valence-corrected chi connectivity index (χ0v) is 11.4. The molecular formula is C13H21ClN2O. The summed E-state index contributed by atoms with van der Waals surface area (Å²) in [4.78, 5) is 2.11. The lowest BCUT2D eigenvalue weighted by Gasteiger charge is -2.21. The topological polar surface area (TPSA) is 35.5 Å². The van der Waals surface area contributed by atoms with Crippen molar-refractivity contribution in [1.82, 2.24) is 10.2 Å². The standard InChI is InChI=1S/C13H21ClN2O/c1-10(15-8-9-16(2)3)13(17)11-4-6-12(14)7-5-11/h4-7,10,13,15,17H,8-9H2,1-3H3. The fraction of sp³-hybridized carbons (Fsp3) is 0.538. The van der Waals surface area contributed by atoms with Gasteiger partial charge in [0.25, 0.3) is 0 Å². The maximum Gasteiger partial charge on any atom is 0.0940 e. The molecule has 0 saturated heterocycles. The van der Waals surface area contributed by atoms with Crippen LogP contribution in [0.5, 0.6) is 0 Å². The predicted molar refractivity (Wildman–Crippen MR) is 72.4 cm³/mol. The third kappa shape index (κ3) is 5.04. The Balaban J connectivity index is 2.45. The lowest BCUT2D eigenvalue weighted by Crippen LogP contribution is -2.36. The highest BCUT2D eigenvalue weighted by Gasteiger charge is 2.15. The van der Waals surface area contributed by atoms with E-state index >= 15 is 0 Å². The van der Waals surface area contributed by atoms with Crippen LogP contribution in [0, 0.1) is 0 Å². The smallest absolute Gasteiger partial charge is 0.0940 e. The molecule has 0 aliphatic rings. The van der Waals surface area contributed by atoms with E-state index in [2.05, 4.69) is 10.2 Å². The lowest BCUT2D eigenvalue weighted by molar-refractivity contribution is 0.135. The van der Waals surface area contributed by atoms with E-state index in [1.165, 1.54) is 0 Å². The van der Waals surface area contributed by atoms with Gasteiger partial charge in [0.2, 0.25) is 0 Å². The van der Waals surface area contributed by atoms with Crippen LogP contribution in [0.4, 0.5) is 0 Å². The molecule has 0 spiro atoms. The van der Waals surface area contributed by atoms with Crippen molar-refractivity contribution in [2.75, 3.05) is 27.2 Å². The monoisotopic (exact) mass is 256 g/mol. The van der Waals surface area contributed by atoms with Gasteiger partial charge in [-0.1, -0.05) is 23.7 Å². The lowest BCUT2D eigenvalue weighted by atomic mass is 10.0. The maximum atomic E-state index is 10.1. The van der Waals surface area contributed by atoms with E-state index in [1.807, 2.05) is 33.2 Å². The fourth-order valence-electron chi connectivity index (χ4n) is 1.58. The van der Waals surface area contributed by atoms with Gasteiger partial charge in [0.15, 0.2) is 0 Å². The van der Waals surface area contributed by atoms with E-state index in [9.17, 15) is 5.11 Å². The summed E-state index contributed by atoms with van der Waals surface area (Å²) in [6, 6.07) is 7.34. The molecule has 1 aromatic rings. The number of aliphatic hydroxyl groups is 1. The van der Waals surface area contributed by atoms with E-state index in [0.29, 0.717) is 5.02 Å². The second kappa shape index (κ2) is 6.97. The van der Waals surface area contributed by atoms with Crippen LogP contribution >= 0.6 is 11.6 Å². The van der Waals surface area contributed by atoms with Gasteiger partial charge in [-0.2, -0.15) is 0 Å². The first-order valence-corrected chi connectivity index (χ1v) is 6.20. The van der Waals surface area contributed by atoms with Crippen LogP contribution < -0.4 is 5.32 Å². The van der Waals surface area contributed by atoms with Crippen LogP contribution in [-0.2, 0) is 0 Å². The summed E-state index contributed by atoms with van der Waals surface area (Å²) in [6.07, 6.45) is -0.505. The molecule has 0 bridgehead atoms. The summed E-state index contributed by atoms with van der Waals surface area (Å²) < 4.78 is 0. The van der Waals surface area contributed by atoms with Gasteiger partial charge in [0, 0.05) is 24.2 Å². The Labute approximate surface area is 108 Å². The molecule has 0 heterocycles. The van der Waals surface area contributed by atoms with Gasteiger partial charge in [-0.25, -0.2) is 0 Å². The second-order valence-corrected chi connectivity index (χ2v) is 4.98. The highest BCUT2D eigenvalue weighted by atomic mass is 35.5. The molecule has 3 nitrogen and oxygen atoms in total. The molecule has 2 N–H and O–H groups in total. The number of aliphatic hydroxyl groups excluding tert-OH is 1.